The van der Waals surface area contributed by atoms with Crippen LogP contribution in [0.25, 0.3) is 44.5 Å². The Kier molecular flexibility index (Phi) is 6.10. The summed E-state index contributed by atoms with van der Waals surface area (Å²) in [5.74, 6) is -1.39. The molecule has 3 heterocycles. The Balaban J connectivity index is 1.41. The van der Waals surface area contributed by atoms with Crippen LogP contribution < -0.4 is 11.5 Å². The van der Waals surface area contributed by atoms with Gasteiger partial charge in [0.15, 0.2) is 11.5 Å². The summed E-state index contributed by atoms with van der Waals surface area (Å²) in [7, 11) is 0. The number of aromatic nitrogens is 5. The average Bonchev–Trinajstić information content (AvgIpc) is 3.34. The van der Waals surface area contributed by atoms with Crippen molar-refractivity contribution in [2.45, 2.75) is 31.7 Å². The van der Waals surface area contributed by atoms with Crippen molar-refractivity contribution in [3.05, 3.63) is 66.7 Å². The van der Waals surface area contributed by atoms with Crippen LogP contribution in [0.4, 0.5) is 15.0 Å². The van der Waals surface area contributed by atoms with Gasteiger partial charge >= 0.3 is 12.1 Å². The summed E-state index contributed by atoms with van der Waals surface area (Å²) in [6.45, 7) is 0. The standard InChI is InChI=1S/C28H24FN7O3/c29-22-19(12-8-16-9-13-20(34-23(16)22)15-4-2-1-3-5-15)24-21-25(30)32-14-33-26(21)36(35-24)18-10-6-17(7-11-18)27(37)39-28(31)38/h1-5,8-9,12-14,17-18H,6-7,10-11H2,(H2,31,38)(H2,30,32,33). The molecule has 1 saturated carbocycles. The molecule has 11 heteroatoms. The minimum absolute atomic E-state index is 0.125. The first kappa shape index (κ1) is 24.4. The molecule has 0 bridgehead atoms. The zero-order valence-electron chi connectivity index (χ0n) is 20.8. The van der Waals surface area contributed by atoms with E-state index in [1.54, 1.807) is 16.8 Å². The summed E-state index contributed by atoms with van der Waals surface area (Å²) in [6.07, 6.45) is 2.33. The highest BCUT2D eigenvalue weighted by Gasteiger charge is 2.32. The van der Waals surface area contributed by atoms with E-state index in [9.17, 15) is 9.59 Å². The quantitative estimate of drug-likeness (QED) is 0.251. The number of amides is 1. The zero-order chi connectivity index (χ0) is 27.1. The van der Waals surface area contributed by atoms with E-state index in [1.165, 1.54) is 6.33 Å². The van der Waals surface area contributed by atoms with Gasteiger partial charge in [0, 0.05) is 16.5 Å². The summed E-state index contributed by atoms with van der Waals surface area (Å²) < 4.78 is 22.4. The number of ether oxygens (including phenoxy) is 1. The van der Waals surface area contributed by atoms with Gasteiger partial charge in [-0.05, 0) is 37.8 Å². The van der Waals surface area contributed by atoms with Gasteiger partial charge in [0.1, 0.15) is 23.4 Å². The van der Waals surface area contributed by atoms with E-state index in [2.05, 4.69) is 19.7 Å². The molecule has 0 spiro atoms. The number of carbonyl (C=O) groups is 2. The van der Waals surface area contributed by atoms with Crippen LogP contribution in [-0.4, -0.2) is 36.8 Å². The second-order valence-electron chi connectivity index (χ2n) is 9.56. The molecule has 4 N–H and O–H groups in total. The number of benzene rings is 2. The number of hydrogen-bond acceptors (Lipinski definition) is 8. The average molecular weight is 526 g/mol. The van der Waals surface area contributed by atoms with Crippen LogP contribution in [0.15, 0.2) is 60.9 Å². The Bertz CT molecular complexity index is 1730. The molecule has 0 unspecified atom stereocenters. The maximum Gasteiger partial charge on any atom is 0.412 e. The van der Waals surface area contributed by atoms with Gasteiger partial charge < -0.3 is 16.2 Å². The highest BCUT2D eigenvalue weighted by atomic mass is 19.1. The molecule has 10 nitrogen and oxygen atoms in total. The van der Waals surface area contributed by atoms with Crippen LogP contribution >= 0.6 is 0 Å². The van der Waals surface area contributed by atoms with Gasteiger partial charge in [-0.3, -0.25) is 4.79 Å². The molecule has 5 aromatic rings. The third kappa shape index (κ3) is 4.41. The lowest BCUT2D eigenvalue weighted by Crippen LogP contribution is -2.29. The molecule has 1 amide bonds. The second-order valence-corrected chi connectivity index (χ2v) is 9.56. The second kappa shape index (κ2) is 9.75. The van der Waals surface area contributed by atoms with E-state index in [0.29, 0.717) is 53.5 Å². The smallest absolute Gasteiger partial charge is 0.383 e. The fraction of sp³-hybridized carbons (Fsp3) is 0.214. The minimum atomic E-state index is -1.11. The number of pyridine rings is 1. The molecule has 2 aromatic carbocycles. The SMILES string of the molecule is NC(=O)OC(=O)C1CCC(n2nc(-c3ccc4ccc(-c5ccccc5)nc4c3F)c3c(N)ncnc32)CC1. The van der Waals surface area contributed by atoms with Crippen molar-refractivity contribution >= 4 is 39.8 Å². The largest absolute Gasteiger partial charge is 0.412 e. The summed E-state index contributed by atoms with van der Waals surface area (Å²) >= 11 is 0. The zero-order valence-corrected chi connectivity index (χ0v) is 20.8. The first-order valence-electron chi connectivity index (χ1n) is 12.6. The van der Waals surface area contributed by atoms with Crippen LogP contribution in [0.5, 0.6) is 0 Å². The van der Waals surface area contributed by atoms with Gasteiger partial charge in [-0.1, -0.05) is 42.5 Å². The number of primary amides is 1. The third-order valence-electron chi connectivity index (χ3n) is 7.22. The fourth-order valence-corrected chi connectivity index (χ4v) is 5.28. The van der Waals surface area contributed by atoms with E-state index in [4.69, 9.17) is 16.6 Å². The third-order valence-corrected chi connectivity index (χ3v) is 7.22. The number of halogens is 1. The number of fused-ring (bicyclic) bond motifs is 2. The summed E-state index contributed by atoms with van der Waals surface area (Å²) in [5, 5.41) is 5.89. The molecular formula is C28H24FN7O3. The maximum absolute atomic E-state index is 16.1. The first-order valence-corrected chi connectivity index (χ1v) is 12.6. The Morgan fingerprint density at radius 3 is 2.46 bits per heavy atom. The lowest BCUT2D eigenvalue weighted by atomic mass is 9.86. The monoisotopic (exact) mass is 525 g/mol. The predicted molar refractivity (Wildman–Crippen MR) is 143 cm³/mol. The Hall–Kier alpha value is -4.93. The van der Waals surface area contributed by atoms with Crippen molar-refractivity contribution in [3.8, 4) is 22.5 Å². The normalized spacial score (nSPS) is 17.4. The fourth-order valence-electron chi connectivity index (χ4n) is 5.28. The number of carbonyl (C=O) groups excluding carboxylic acids is 2. The summed E-state index contributed by atoms with van der Waals surface area (Å²) in [4.78, 5) is 36.3. The number of rotatable bonds is 4. The number of nitrogens with zero attached hydrogens (tertiary/aromatic N) is 5. The van der Waals surface area contributed by atoms with Crippen LogP contribution in [0, 0.1) is 11.7 Å². The predicted octanol–water partition coefficient (Wildman–Crippen LogP) is 4.78. The van der Waals surface area contributed by atoms with E-state index in [0.717, 1.165) is 5.56 Å². The molecule has 1 fully saturated rings. The van der Waals surface area contributed by atoms with Gasteiger partial charge in [0.05, 0.1) is 23.0 Å². The van der Waals surface area contributed by atoms with E-state index >= 15 is 4.39 Å². The highest BCUT2D eigenvalue weighted by molar-refractivity contribution is 6.00. The Morgan fingerprint density at radius 1 is 0.974 bits per heavy atom. The number of esters is 1. The lowest BCUT2D eigenvalue weighted by molar-refractivity contribution is -0.143. The van der Waals surface area contributed by atoms with Crippen LogP contribution in [0.2, 0.25) is 0 Å². The van der Waals surface area contributed by atoms with Crippen molar-refractivity contribution in [1.82, 2.24) is 24.7 Å². The molecule has 39 heavy (non-hydrogen) atoms. The molecule has 0 saturated heterocycles. The van der Waals surface area contributed by atoms with E-state index in [-0.39, 0.29) is 22.9 Å². The number of anilines is 1. The van der Waals surface area contributed by atoms with E-state index in [1.807, 2.05) is 42.5 Å². The van der Waals surface area contributed by atoms with Gasteiger partial charge in [-0.15, -0.1) is 0 Å². The molecule has 0 aliphatic heterocycles. The summed E-state index contributed by atoms with van der Waals surface area (Å²) in [5.41, 5.74) is 14.0. The highest BCUT2D eigenvalue weighted by Crippen LogP contribution is 2.39. The minimum Gasteiger partial charge on any atom is -0.383 e. The van der Waals surface area contributed by atoms with E-state index < -0.39 is 23.8 Å². The van der Waals surface area contributed by atoms with Crippen LogP contribution in [0.3, 0.4) is 0 Å². The molecule has 0 atom stereocenters. The van der Waals surface area contributed by atoms with Crippen molar-refractivity contribution in [2.75, 3.05) is 5.73 Å². The molecule has 1 aliphatic rings. The van der Waals surface area contributed by atoms with Crippen molar-refractivity contribution in [1.29, 1.82) is 0 Å². The van der Waals surface area contributed by atoms with Gasteiger partial charge in [-0.2, -0.15) is 5.10 Å². The maximum atomic E-state index is 16.1. The number of hydrogen-bond donors (Lipinski definition) is 2. The molecule has 1 aliphatic carbocycles. The van der Waals surface area contributed by atoms with Crippen LogP contribution in [0.1, 0.15) is 31.7 Å². The first-order chi connectivity index (χ1) is 18.9. The molecule has 3 aromatic heterocycles. The molecule has 0 radical (unpaired) electrons. The Labute approximate surface area is 221 Å². The van der Waals surface area contributed by atoms with Crippen molar-refractivity contribution in [3.63, 3.8) is 0 Å². The number of nitrogen functional groups attached to an aromatic ring is 1. The van der Waals surface area contributed by atoms with Crippen LogP contribution in [-0.2, 0) is 9.53 Å². The van der Waals surface area contributed by atoms with Gasteiger partial charge in [0.2, 0.25) is 0 Å². The lowest BCUT2D eigenvalue weighted by Gasteiger charge is -2.27. The molecular weight excluding hydrogens is 501 g/mol. The molecule has 196 valence electrons. The summed E-state index contributed by atoms with van der Waals surface area (Å²) in [6, 6.07) is 16.6. The molecule has 6 rings (SSSR count). The topological polar surface area (TPSA) is 152 Å². The van der Waals surface area contributed by atoms with Gasteiger partial charge in [0.25, 0.3) is 0 Å². The number of nitrogens with two attached hydrogens (primary N) is 2. The van der Waals surface area contributed by atoms with Gasteiger partial charge in [-0.25, -0.2) is 28.8 Å². The Morgan fingerprint density at radius 2 is 1.72 bits per heavy atom. The van der Waals surface area contributed by atoms with Crippen molar-refractivity contribution < 1.29 is 18.7 Å². The van der Waals surface area contributed by atoms with Crippen molar-refractivity contribution in [2.24, 2.45) is 11.7 Å².